The Morgan fingerprint density at radius 3 is 2.37 bits per heavy atom. The highest BCUT2D eigenvalue weighted by molar-refractivity contribution is 7.98. The van der Waals surface area contributed by atoms with E-state index in [2.05, 4.69) is 17.6 Å². The van der Waals surface area contributed by atoms with Crippen molar-refractivity contribution in [1.82, 2.24) is 15.5 Å². The van der Waals surface area contributed by atoms with Gasteiger partial charge in [-0.1, -0.05) is 49.6 Å². The minimum Gasteiger partial charge on any atom is -0.444 e. The van der Waals surface area contributed by atoms with Gasteiger partial charge in [0.25, 0.3) is 0 Å². The van der Waals surface area contributed by atoms with Gasteiger partial charge in [-0.25, -0.2) is 4.79 Å². The number of alkyl carbamates (subject to hydrolysis) is 1. The van der Waals surface area contributed by atoms with E-state index in [9.17, 15) is 19.6 Å². The molecule has 0 heterocycles. The summed E-state index contributed by atoms with van der Waals surface area (Å²) >= 11 is 1.53. The summed E-state index contributed by atoms with van der Waals surface area (Å²) in [5, 5.41) is 15.1. The van der Waals surface area contributed by atoms with Crippen LogP contribution in [0.5, 0.6) is 0 Å². The van der Waals surface area contributed by atoms with E-state index in [1.165, 1.54) is 16.7 Å². The van der Waals surface area contributed by atoms with E-state index in [4.69, 9.17) is 4.74 Å². The Morgan fingerprint density at radius 1 is 1.17 bits per heavy atom. The molecule has 8 nitrogen and oxygen atoms in total. The van der Waals surface area contributed by atoms with E-state index < -0.39 is 29.7 Å². The van der Waals surface area contributed by atoms with Gasteiger partial charge in [0.2, 0.25) is 11.8 Å². The van der Waals surface area contributed by atoms with Crippen LogP contribution in [0.15, 0.2) is 24.3 Å². The summed E-state index contributed by atoms with van der Waals surface area (Å²) in [7, 11) is 0. The van der Waals surface area contributed by atoms with E-state index >= 15 is 0 Å². The van der Waals surface area contributed by atoms with Gasteiger partial charge in [0.1, 0.15) is 24.2 Å². The fourth-order valence-electron chi connectivity index (χ4n) is 3.42. The zero-order valence-corrected chi connectivity index (χ0v) is 22.7. The maximum absolute atomic E-state index is 13.7. The SMILES string of the molecule is CCCCCNC(=O)C(c1ccc(C)cc1)N(CC#N)C(=O)C(CCSC)NC(=O)OC(C)(C)C. The van der Waals surface area contributed by atoms with Gasteiger partial charge in [-0.05, 0) is 58.1 Å². The third-order valence-corrected chi connectivity index (χ3v) is 5.80. The number of unbranched alkanes of at least 4 members (excludes halogenated alkanes) is 2. The summed E-state index contributed by atoms with van der Waals surface area (Å²) in [6.45, 7) is 9.42. The molecule has 1 aromatic carbocycles. The molecule has 0 aromatic heterocycles. The molecule has 0 saturated carbocycles. The van der Waals surface area contributed by atoms with Gasteiger partial charge in [-0.15, -0.1) is 0 Å². The highest BCUT2D eigenvalue weighted by Gasteiger charge is 2.36. The molecule has 0 saturated heterocycles. The van der Waals surface area contributed by atoms with Crippen molar-refractivity contribution in [3.63, 3.8) is 0 Å². The molecule has 2 N–H and O–H groups in total. The molecule has 1 rings (SSSR count). The average molecular weight is 505 g/mol. The van der Waals surface area contributed by atoms with Crippen LogP contribution in [0, 0.1) is 18.3 Å². The molecule has 0 aliphatic rings. The number of aryl methyl sites for hydroxylation is 1. The van der Waals surface area contributed by atoms with Crippen molar-refractivity contribution in [2.24, 2.45) is 0 Å². The Kier molecular flexibility index (Phi) is 13.2. The van der Waals surface area contributed by atoms with Crippen LogP contribution in [0.1, 0.15) is 70.5 Å². The normalized spacial score (nSPS) is 12.7. The number of carbonyl (C=O) groups is 3. The molecule has 0 spiro atoms. The van der Waals surface area contributed by atoms with Crippen LogP contribution in [-0.4, -0.2) is 59.5 Å². The smallest absolute Gasteiger partial charge is 0.408 e. The minimum absolute atomic E-state index is 0.300. The Morgan fingerprint density at radius 2 is 1.83 bits per heavy atom. The van der Waals surface area contributed by atoms with Gasteiger partial charge in [0.15, 0.2) is 0 Å². The number of hydrogen-bond acceptors (Lipinski definition) is 6. The van der Waals surface area contributed by atoms with Crippen molar-refractivity contribution in [3.8, 4) is 6.07 Å². The first-order valence-corrected chi connectivity index (χ1v) is 13.4. The zero-order valence-electron chi connectivity index (χ0n) is 21.8. The van der Waals surface area contributed by atoms with Crippen LogP contribution in [0.25, 0.3) is 0 Å². The predicted molar refractivity (Wildman–Crippen MR) is 140 cm³/mol. The quantitative estimate of drug-likeness (QED) is 0.305. The molecule has 0 radical (unpaired) electrons. The molecular weight excluding hydrogens is 464 g/mol. The third kappa shape index (κ3) is 11.0. The van der Waals surface area contributed by atoms with Crippen LogP contribution in [-0.2, 0) is 14.3 Å². The number of rotatable bonds is 13. The molecule has 194 valence electrons. The second-order valence-electron chi connectivity index (χ2n) is 9.42. The van der Waals surface area contributed by atoms with E-state index in [0.29, 0.717) is 24.3 Å². The lowest BCUT2D eigenvalue weighted by atomic mass is 10.0. The lowest BCUT2D eigenvalue weighted by Crippen LogP contribution is -2.53. The standard InChI is InChI=1S/C26H40N4O4S/c1-7-8-9-16-28-23(31)22(20-12-10-19(2)11-13-20)30(17-15-27)24(32)21(14-18-35-6)29-25(33)34-26(3,4)5/h10-13,21-22H,7-9,14,16-18H2,1-6H3,(H,28,31)(H,29,33). The Bertz CT molecular complexity index is 862. The Balaban J connectivity index is 3.31. The summed E-state index contributed by atoms with van der Waals surface area (Å²) < 4.78 is 5.35. The molecule has 0 aliphatic carbocycles. The zero-order chi connectivity index (χ0) is 26.4. The summed E-state index contributed by atoms with van der Waals surface area (Å²) in [5.74, 6) is -0.249. The third-order valence-electron chi connectivity index (χ3n) is 5.16. The number of ether oxygens (including phenoxy) is 1. The number of thioether (sulfide) groups is 1. The second kappa shape index (κ2) is 15.3. The Labute approximate surface area is 214 Å². The molecule has 9 heteroatoms. The number of hydrogen-bond donors (Lipinski definition) is 2. The number of nitrogens with zero attached hydrogens (tertiary/aromatic N) is 2. The summed E-state index contributed by atoms with van der Waals surface area (Å²) in [6, 6.07) is 7.40. The molecule has 0 bridgehead atoms. The fourth-order valence-corrected chi connectivity index (χ4v) is 3.89. The van der Waals surface area contributed by atoms with Gasteiger partial charge in [0, 0.05) is 6.54 Å². The largest absolute Gasteiger partial charge is 0.444 e. The number of carbonyl (C=O) groups excluding carboxylic acids is 3. The first-order valence-electron chi connectivity index (χ1n) is 12.0. The fraction of sp³-hybridized carbons (Fsp3) is 0.615. The maximum atomic E-state index is 13.7. The highest BCUT2D eigenvalue weighted by Crippen LogP contribution is 2.24. The maximum Gasteiger partial charge on any atom is 0.408 e. The van der Waals surface area contributed by atoms with Crippen molar-refractivity contribution >= 4 is 29.7 Å². The summed E-state index contributed by atoms with van der Waals surface area (Å²) in [6.07, 6.45) is 4.34. The summed E-state index contributed by atoms with van der Waals surface area (Å²) in [5.41, 5.74) is 0.887. The van der Waals surface area contributed by atoms with E-state index in [-0.39, 0.29) is 12.5 Å². The molecule has 1 aromatic rings. The van der Waals surface area contributed by atoms with Crippen LogP contribution < -0.4 is 10.6 Å². The predicted octanol–water partition coefficient (Wildman–Crippen LogP) is 4.34. The lowest BCUT2D eigenvalue weighted by molar-refractivity contribution is -0.141. The van der Waals surface area contributed by atoms with Gasteiger partial charge < -0.3 is 20.3 Å². The van der Waals surface area contributed by atoms with Crippen LogP contribution in [0.4, 0.5) is 4.79 Å². The molecule has 35 heavy (non-hydrogen) atoms. The van der Waals surface area contributed by atoms with Crippen molar-refractivity contribution in [1.29, 1.82) is 5.26 Å². The van der Waals surface area contributed by atoms with Crippen molar-refractivity contribution < 1.29 is 19.1 Å². The van der Waals surface area contributed by atoms with E-state index in [0.717, 1.165) is 24.8 Å². The lowest BCUT2D eigenvalue weighted by Gasteiger charge is -2.33. The van der Waals surface area contributed by atoms with Crippen LogP contribution in [0.2, 0.25) is 0 Å². The average Bonchev–Trinajstić information content (AvgIpc) is 2.78. The summed E-state index contributed by atoms with van der Waals surface area (Å²) in [4.78, 5) is 40.8. The Hall–Kier alpha value is -2.73. The number of nitrogens with one attached hydrogen (secondary N) is 2. The molecule has 2 unspecified atom stereocenters. The second-order valence-corrected chi connectivity index (χ2v) is 10.4. The number of benzene rings is 1. The molecular formula is C26H40N4O4S. The monoisotopic (exact) mass is 504 g/mol. The van der Waals surface area contributed by atoms with E-state index in [1.54, 1.807) is 32.9 Å². The molecule has 0 fully saturated rings. The van der Waals surface area contributed by atoms with Crippen molar-refractivity contribution in [2.45, 2.75) is 78.0 Å². The number of amides is 3. The molecule has 2 atom stereocenters. The van der Waals surface area contributed by atoms with Crippen molar-refractivity contribution in [2.75, 3.05) is 25.1 Å². The molecule has 3 amide bonds. The first kappa shape index (κ1) is 30.3. The minimum atomic E-state index is -0.999. The van der Waals surface area contributed by atoms with Gasteiger partial charge in [-0.3, -0.25) is 9.59 Å². The van der Waals surface area contributed by atoms with E-state index in [1.807, 2.05) is 31.4 Å². The molecule has 0 aliphatic heterocycles. The van der Waals surface area contributed by atoms with Crippen LogP contribution >= 0.6 is 11.8 Å². The van der Waals surface area contributed by atoms with Gasteiger partial charge in [-0.2, -0.15) is 17.0 Å². The first-order chi connectivity index (χ1) is 16.5. The van der Waals surface area contributed by atoms with Crippen LogP contribution in [0.3, 0.4) is 0 Å². The van der Waals surface area contributed by atoms with Gasteiger partial charge in [0.05, 0.1) is 6.07 Å². The van der Waals surface area contributed by atoms with Crippen molar-refractivity contribution in [3.05, 3.63) is 35.4 Å². The topological polar surface area (TPSA) is 112 Å². The number of nitriles is 1. The highest BCUT2D eigenvalue weighted by atomic mass is 32.2. The van der Waals surface area contributed by atoms with Gasteiger partial charge >= 0.3 is 6.09 Å².